The minimum absolute atomic E-state index is 0.170. The summed E-state index contributed by atoms with van der Waals surface area (Å²) in [4.78, 5) is 17.3. The monoisotopic (exact) mass is 391 g/mol. The highest BCUT2D eigenvalue weighted by Gasteiger charge is 2.26. The normalized spacial score (nSPS) is 17.3. The van der Waals surface area contributed by atoms with Crippen molar-refractivity contribution in [2.24, 2.45) is 5.92 Å². The topological polar surface area (TPSA) is 35.6 Å². The van der Waals surface area contributed by atoms with E-state index in [2.05, 4.69) is 53.5 Å². The first-order valence-corrected chi connectivity index (χ1v) is 11.1. The summed E-state index contributed by atoms with van der Waals surface area (Å²) in [5.74, 6) is 1.08. The maximum atomic E-state index is 12.9. The number of nitrogens with one attached hydrogen (secondary N) is 1. The Morgan fingerprint density at radius 2 is 1.69 bits per heavy atom. The Bertz CT molecular complexity index is 777. The van der Waals surface area contributed by atoms with Gasteiger partial charge in [-0.05, 0) is 74.9 Å². The lowest BCUT2D eigenvalue weighted by Gasteiger charge is -2.32. The second-order valence-electron chi connectivity index (χ2n) is 8.46. The molecule has 4 nitrogen and oxygen atoms in total. The van der Waals surface area contributed by atoms with Gasteiger partial charge in [0.05, 0.1) is 0 Å². The molecular weight excluding hydrogens is 358 g/mol. The lowest BCUT2D eigenvalue weighted by Crippen LogP contribution is -2.45. The number of nitrogens with zero attached hydrogens (tertiary/aromatic N) is 2. The maximum Gasteiger partial charge on any atom is 0.253 e. The largest absolute Gasteiger partial charge is 0.367 e. The van der Waals surface area contributed by atoms with Crippen LogP contribution >= 0.6 is 0 Å². The van der Waals surface area contributed by atoms with E-state index in [0.29, 0.717) is 6.04 Å². The molecule has 1 heterocycles. The molecule has 1 saturated carbocycles. The van der Waals surface area contributed by atoms with Gasteiger partial charge in [-0.15, -0.1) is 0 Å². The first kappa shape index (κ1) is 20.0. The molecule has 2 aromatic rings. The van der Waals surface area contributed by atoms with Gasteiger partial charge in [0, 0.05) is 43.5 Å². The molecule has 2 aromatic carbocycles. The number of anilines is 1. The molecule has 4 heteroatoms. The van der Waals surface area contributed by atoms with Crippen LogP contribution < -0.4 is 10.2 Å². The molecule has 0 atom stereocenters. The quantitative estimate of drug-likeness (QED) is 0.728. The van der Waals surface area contributed by atoms with Crippen molar-refractivity contribution in [3.05, 3.63) is 65.7 Å². The summed E-state index contributed by atoms with van der Waals surface area (Å²) in [6.45, 7) is 6.87. The van der Waals surface area contributed by atoms with Gasteiger partial charge < -0.3 is 15.1 Å². The molecule has 2 aliphatic rings. The van der Waals surface area contributed by atoms with Crippen LogP contribution in [0.5, 0.6) is 0 Å². The summed E-state index contributed by atoms with van der Waals surface area (Å²) >= 11 is 0. The van der Waals surface area contributed by atoms with Crippen molar-refractivity contribution in [3.8, 4) is 0 Å². The van der Waals surface area contributed by atoms with Crippen LogP contribution in [0.3, 0.4) is 0 Å². The molecule has 0 aromatic heterocycles. The summed E-state index contributed by atoms with van der Waals surface area (Å²) in [5, 5.41) is 3.69. The Kier molecular flexibility index (Phi) is 6.50. The van der Waals surface area contributed by atoms with Crippen molar-refractivity contribution in [2.75, 3.05) is 31.1 Å². The van der Waals surface area contributed by atoms with Crippen LogP contribution in [0.4, 0.5) is 5.69 Å². The van der Waals surface area contributed by atoms with E-state index in [0.717, 1.165) is 62.7 Å². The zero-order valence-corrected chi connectivity index (χ0v) is 17.5. The average molecular weight is 392 g/mol. The summed E-state index contributed by atoms with van der Waals surface area (Å²) in [6, 6.07) is 19.3. The summed E-state index contributed by atoms with van der Waals surface area (Å²) in [6.07, 6.45) is 4.91. The van der Waals surface area contributed by atoms with E-state index in [9.17, 15) is 4.79 Å². The zero-order chi connectivity index (χ0) is 20.1. The molecule has 0 spiro atoms. The summed E-state index contributed by atoms with van der Waals surface area (Å²) in [7, 11) is 0. The van der Waals surface area contributed by atoms with Crippen molar-refractivity contribution >= 4 is 11.6 Å². The molecule has 2 fully saturated rings. The van der Waals surface area contributed by atoms with Crippen molar-refractivity contribution < 1.29 is 4.79 Å². The van der Waals surface area contributed by atoms with E-state index in [1.165, 1.54) is 18.4 Å². The minimum Gasteiger partial charge on any atom is -0.367 e. The highest BCUT2D eigenvalue weighted by Crippen LogP contribution is 2.28. The van der Waals surface area contributed by atoms with Gasteiger partial charge in [-0.3, -0.25) is 4.79 Å². The molecule has 4 rings (SSSR count). The fourth-order valence-electron chi connectivity index (χ4n) is 4.13. The third kappa shape index (κ3) is 5.39. The number of likely N-dealkylation sites (tertiary alicyclic amines) is 1. The van der Waals surface area contributed by atoms with Crippen LogP contribution in [-0.2, 0) is 6.54 Å². The van der Waals surface area contributed by atoms with Gasteiger partial charge in [0.15, 0.2) is 0 Å². The van der Waals surface area contributed by atoms with Crippen molar-refractivity contribution in [1.82, 2.24) is 10.2 Å². The molecule has 1 aliphatic heterocycles. The van der Waals surface area contributed by atoms with Crippen LogP contribution in [0, 0.1) is 5.92 Å². The standard InChI is InChI=1S/C25H33N3O/c1-2-27(19-21-6-4-3-5-7-21)24-12-10-22(11-13-24)25(29)28-16-14-23(15-17-28)26-18-20-8-9-20/h3-7,10-13,20,23,26H,2,8-9,14-19H2,1H3. The van der Waals surface area contributed by atoms with Gasteiger partial charge >= 0.3 is 0 Å². The first-order chi connectivity index (χ1) is 14.2. The van der Waals surface area contributed by atoms with E-state index in [1.807, 2.05) is 23.1 Å². The van der Waals surface area contributed by atoms with Crippen LogP contribution in [-0.4, -0.2) is 43.0 Å². The summed E-state index contributed by atoms with van der Waals surface area (Å²) < 4.78 is 0. The lowest BCUT2D eigenvalue weighted by molar-refractivity contribution is 0.0705. The number of carbonyl (C=O) groups is 1. The van der Waals surface area contributed by atoms with Gasteiger partial charge in [-0.2, -0.15) is 0 Å². The van der Waals surface area contributed by atoms with E-state index in [1.54, 1.807) is 0 Å². The van der Waals surface area contributed by atoms with Crippen LogP contribution in [0.25, 0.3) is 0 Å². The van der Waals surface area contributed by atoms with Crippen molar-refractivity contribution in [2.45, 2.75) is 45.2 Å². The van der Waals surface area contributed by atoms with Gasteiger partial charge in [-0.1, -0.05) is 30.3 Å². The Balaban J connectivity index is 1.31. The SMILES string of the molecule is CCN(Cc1ccccc1)c1ccc(C(=O)N2CCC(NCC3CC3)CC2)cc1. The first-order valence-electron chi connectivity index (χ1n) is 11.1. The predicted molar refractivity (Wildman–Crippen MR) is 119 cm³/mol. The van der Waals surface area contributed by atoms with Gasteiger partial charge in [-0.25, -0.2) is 0 Å². The van der Waals surface area contributed by atoms with Crippen molar-refractivity contribution in [3.63, 3.8) is 0 Å². The van der Waals surface area contributed by atoms with E-state index >= 15 is 0 Å². The fraction of sp³-hybridized carbons (Fsp3) is 0.480. The number of hydrogen-bond acceptors (Lipinski definition) is 3. The summed E-state index contributed by atoms with van der Waals surface area (Å²) in [5.41, 5.74) is 3.26. The number of benzene rings is 2. The minimum atomic E-state index is 0.170. The van der Waals surface area contributed by atoms with Crippen LogP contribution in [0.15, 0.2) is 54.6 Å². The third-order valence-electron chi connectivity index (χ3n) is 6.25. The highest BCUT2D eigenvalue weighted by atomic mass is 16.2. The molecule has 1 aliphatic carbocycles. The van der Waals surface area contributed by atoms with E-state index < -0.39 is 0 Å². The molecule has 154 valence electrons. The Morgan fingerprint density at radius 3 is 2.31 bits per heavy atom. The smallest absolute Gasteiger partial charge is 0.253 e. The molecule has 0 bridgehead atoms. The maximum absolute atomic E-state index is 12.9. The molecule has 1 N–H and O–H groups in total. The van der Waals surface area contributed by atoms with Gasteiger partial charge in [0.1, 0.15) is 0 Å². The van der Waals surface area contributed by atoms with Gasteiger partial charge in [0.2, 0.25) is 0 Å². The number of hydrogen-bond donors (Lipinski definition) is 1. The fourth-order valence-corrected chi connectivity index (χ4v) is 4.13. The lowest BCUT2D eigenvalue weighted by atomic mass is 10.0. The highest BCUT2D eigenvalue weighted by molar-refractivity contribution is 5.94. The Hall–Kier alpha value is -2.33. The molecule has 29 heavy (non-hydrogen) atoms. The zero-order valence-electron chi connectivity index (χ0n) is 17.5. The second kappa shape index (κ2) is 9.45. The predicted octanol–water partition coefficient (Wildman–Crippen LogP) is 4.32. The Morgan fingerprint density at radius 1 is 1.00 bits per heavy atom. The second-order valence-corrected chi connectivity index (χ2v) is 8.46. The number of piperidine rings is 1. The van der Waals surface area contributed by atoms with Crippen LogP contribution in [0.2, 0.25) is 0 Å². The molecule has 1 amide bonds. The Labute approximate surface area is 174 Å². The van der Waals surface area contributed by atoms with E-state index in [-0.39, 0.29) is 5.91 Å². The number of carbonyl (C=O) groups excluding carboxylic acids is 1. The molecule has 1 saturated heterocycles. The molecular formula is C25H33N3O. The molecule has 0 unspecified atom stereocenters. The van der Waals surface area contributed by atoms with Gasteiger partial charge in [0.25, 0.3) is 5.91 Å². The average Bonchev–Trinajstić information content (AvgIpc) is 3.61. The number of amides is 1. The van der Waals surface area contributed by atoms with Crippen LogP contribution in [0.1, 0.15) is 48.5 Å². The third-order valence-corrected chi connectivity index (χ3v) is 6.25. The molecule has 0 radical (unpaired) electrons. The number of rotatable bonds is 8. The van der Waals surface area contributed by atoms with E-state index in [4.69, 9.17) is 0 Å². The van der Waals surface area contributed by atoms with Crippen molar-refractivity contribution in [1.29, 1.82) is 0 Å².